The molecule has 7 heteroatoms. The summed E-state index contributed by atoms with van der Waals surface area (Å²) < 4.78 is 22.2. The maximum atomic E-state index is 11.5. The molecule has 0 aliphatic carbocycles. The Balaban J connectivity index is 2.52. The van der Waals surface area contributed by atoms with Crippen LogP contribution in [0.1, 0.15) is 25.8 Å². The predicted octanol–water partition coefficient (Wildman–Crippen LogP) is 1.45. The van der Waals surface area contributed by atoms with E-state index in [0.29, 0.717) is 6.54 Å². The van der Waals surface area contributed by atoms with Crippen LogP contribution < -0.4 is 15.8 Å². The second-order valence-corrected chi connectivity index (χ2v) is 5.92. The molecular formula is C13H19N3O3S. The van der Waals surface area contributed by atoms with Crippen LogP contribution >= 0.6 is 0 Å². The van der Waals surface area contributed by atoms with Crippen molar-refractivity contribution in [3.8, 4) is 0 Å². The Kier molecular flexibility index (Phi) is 5.72. The van der Waals surface area contributed by atoms with E-state index in [-0.39, 0.29) is 10.9 Å². The van der Waals surface area contributed by atoms with E-state index in [0.717, 1.165) is 17.6 Å². The summed E-state index contributed by atoms with van der Waals surface area (Å²) in [6, 6.07) is 5.71. The monoisotopic (exact) mass is 297 g/mol. The third-order valence-electron chi connectivity index (χ3n) is 2.71. The molecule has 0 saturated heterocycles. The zero-order valence-electron chi connectivity index (χ0n) is 11.5. The van der Waals surface area contributed by atoms with Gasteiger partial charge in [0.1, 0.15) is 0 Å². The molecule has 0 saturated carbocycles. The molecule has 1 aromatic rings. The highest BCUT2D eigenvalue weighted by Gasteiger charge is 2.06. The van der Waals surface area contributed by atoms with Crippen molar-refractivity contribution in [3.05, 3.63) is 41.6 Å². The number of nitrogens with two attached hydrogens (primary N) is 1. The van der Waals surface area contributed by atoms with Crippen LogP contribution in [0.5, 0.6) is 0 Å². The van der Waals surface area contributed by atoms with Crippen molar-refractivity contribution in [2.75, 3.05) is 0 Å². The largest absolute Gasteiger partial charge is 0.334 e. The fourth-order valence-electron chi connectivity index (χ4n) is 1.32. The van der Waals surface area contributed by atoms with Gasteiger partial charge in [-0.05, 0) is 31.0 Å². The van der Waals surface area contributed by atoms with Crippen molar-refractivity contribution < 1.29 is 13.2 Å². The van der Waals surface area contributed by atoms with E-state index >= 15 is 0 Å². The van der Waals surface area contributed by atoms with Gasteiger partial charge in [-0.15, -0.1) is 0 Å². The van der Waals surface area contributed by atoms with Gasteiger partial charge in [0.05, 0.1) is 4.90 Å². The van der Waals surface area contributed by atoms with Crippen LogP contribution in [0, 0.1) is 0 Å². The van der Waals surface area contributed by atoms with E-state index in [1.807, 2.05) is 13.8 Å². The third-order valence-corrected chi connectivity index (χ3v) is 3.64. The third kappa shape index (κ3) is 5.41. The quantitative estimate of drug-likeness (QED) is 0.766. The number of carbonyl (C=O) groups excluding carboxylic acids is 1. The lowest BCUT2D eigenvalue weighted by atomic mass is 10.2. The van der Waals surface area contributed by atoms with Crippen molar-refractivity contribution in [1.82, 2.24) is 10.6 Å². The summed E-state index contributed by atoms with van der Waals surface area (Å²) in [6.07, 6.45) is 2.52. The van der Waals surface area contributed by atoms with Gasteiger partial charge >= 0.3 is 6.03 Å². The first-order chi connectivity index (χ1) is 9.32. The topological polar surface area (TPSA) is 101 Å². The molecule has 0 spiro atoms. The number of rotatable bonds is 5. The minimum atomic E-state index is -3.68. The normalized spacial score (nSPS) is 12.1. The molecular weight excluding hydrogens is 278 g/mol. The van der Waals surface area contributed by atoms with Crippen LogP contribution in [0.3, 0.4) is 0 Å². The zero-order chi connectivity index (χ0) is 15.2. The van der Waals surface area contributed by atoms with Gasteiger partial charge in [-0.2, -0.15) is 0 Å². The summed E-state index contributed by atoms with van der Waals surface area (Å²) in [5.74, 6) is 0. The van der Waals surface area contributed by atoms with Gasteiger partial charge < -0.3 is 10.6 Å². The van der Waals surface area contributed by atoms with Crippen molar-refractivity contribution in [3.63, 3.8) is 0 Å². The van der Waals surface area contributed by atoms with Crippen LogP contribution in [-0.4, -0.2) is 14.4 Å². The summed E-state index contributed by atoms with van der Waals surface area (Å²) >= 11 is 0. The minimum Gasteiger partial charge on any atom is -0.334 e. The number of urea groups is 1. The summed E-state index contributed by atoms with van der Waals surface area (Å²) in [5, 5.41) is 10.3. The number of sulfonamides is 1. The molecule has 0 aliphatic heterocycles. The van der Waals surface area contributed by atoms with Crippen molar-refractivity contribution in [2.24, 2.45) is 5.14 Å². The number of hydrogen-bond acceptors (Lipinski definition) is 3. The fraction of sp³-hybridized carbons (Fsp3) is 0.308. The Hall–Kier alpha value is -1.86. The number of allylic oxidation sites excluding steroid dienone is 1. The van der Waals surface area contributed by atoms with Crippen LogP contribution in [0.2, 0.25) is 0 Å². The molecule has 20 heavy (non-hydrogen) atoms. The average molecular weight is 297 g/mol. The van der Waals surface area contributed by atoms with E-state index in [1.165, 1.54) is 12.1 Å². The first-order valence-corrected chi connectivity index (χ1v) is 7.69. The fourth-order valence-corrected chi connectivity index (χ4v) is 1.84. The Morgan fingerprint density at radius 2 is 1.90 bits per heavy atom. The number of benzene rings is 1. The molecule has 0 atom stereocenters. The van der Waals surface area contributed by atoms with Gasteiger partial charge in [0.2, 0.25) is 10.0 Å². The number of amides is 2. The van der Waals surface area contributed by atoms with E-state index < -0.39 is 10.0 Å². The van der Waals surface area contributed by atoms with Gasteiger partial charge in [-0.25, -0.2) is 18.4 Å². The molecule has 1 rings (SSSR count). The molecule has 4 N–H and O–H groups in total. The lowest BCUT2D eigenvalue weighted by molar-refractivity contribution is 0.243. The molecule has 6 nitrogen and oxygen atoms in total. The van der Waals surface area contributed by atoms with Gasteiger partial charge in [0, 0.05) is 12.7 Å². The summed E-state index contributed by atoms with van der Waals surface area (Å²) in [5.41, 5.74) is 1.85. The Bertz CT molecular complexity index is 592. The summed E-state index contributed by atoms with van der Waals surface area (Å²) in [7, 11) is -3.68. The first-order valence-electron chi connectivity index (χ1n) is 6.14. The van der Waals surface area contributed by atoms with E-state index in [2.05, 4.69) is 10.6 Å². The number of primary sulfonamides is 1. The maximum Gasteiger partial charge on any atom is 0.319 e. The Morgan fingerprint density at radius 1 is 1.30 bits per heavy atom. The van der Waals surface area contributed by atoms with Crippen LogP contribution in [0.25, 0.3) is 0 Å². The summed E-state index contributed by atoms with van der Waals surface area (Å²) in [4.78, 5) is 11.5. The van der Waals surface area contributed by atoms with Gasteiger partial charge in [-0.3, -0.25) is 0 Å². The highest BCUT2D eigenvalue weighted by molar-refractivity contribution is 7.89. The molecule has 0 radical (unpaired) electrons. The molecule has 0 heterocycles. The molecule has 0 unspecified atom stereocenters. The molecule has 1 aromatic carbocycles. The van der Waals surface area contributed by atoms with Crippen LogP contribution in [-0.2, 0) is 16.6 Å². The lowest BCUT2D eigenvalue weighted by Gasteiger charge is -2.06. The maximum absolute atomic E-state index is 11.5. The molecule has 0 bridgehead atoms. The second kappa shape index (κ2) is 7.06. The van der Waals surface area contributed by atoms with Crippen LogP contribution in [0.4, 0.5) is 4.79 Å². The van der Waals surface area contributed by atoms with Crippen molar-refractivity contribution >= 4 is 16.1 Å². The van der Waals surface area contributed by atoms with Crippen molar-refractivity contribution in [1.29, 1.82) is 0 Å². The molecule has 0 aromatic heterocycles. The van der Waals surface area contributed by atoms with Crippen LogP contribution in [0.15, 0.2) is 40.9 Å². The van der Waals surface area contributed by atoms with E-state index in [9.17, 15) is 13.2 Å². The average Bonchev–Trinajstić information content (AvgIpc) is 2.41. The molecule has 2 amide bonds. The number of nitrogens with one attached hydrogen (secondary N) is 2. The predicted molar refractivity (Wildman–Crippen MR) is 77.2 cm³/mol. The highest BCUT2D eigenvalue weighted by Crippen LogP contribution is 2.08. The standard InChI is InChI=1S/C13H19N3O3S/c1-3-10(2)8-15-13(17)16-9-11-4-6-12(7-5-11)20(14,18)19/h4-8H,3,9H2,1-2H3,(H2,14,18,19)(H2,15,16,17)/b10-8+. The lowest BCUT2D eigenvalue weighted by Crippen LogP contribution is -2.31. The summed E-state index contributed by atoms with van der Waals surface area (Å²) in [6.45, 7) is 4.22. The smallest absolute Gasteiger partial charge is 0.319 e. The van der Waals surface area contributed by atoms with Gasteiger partial charge in [0.15, 0.2) is 0 Å². The van der Waals surface area contributed by atoms with E-state index in [1.54, 1.807) is 18.3 Å². The number of carbonyl (C=O) groups is 1. The molecule has 0 aliphatic rings. The SMILES string of the molecule is CC/C(C)=C/NC(=O)NCc1ccc(S(N)(=O)=O)cc1. The Labute approximate surface area is 119 Å². The highest BCUT2D eigenvalue weighted by atomic mass is 32.2. The zero-order valence-corrected chi connectivity index (χ0v) is 12.3. The van der Waals surface area contributed by atoms with Gasteiger partial charge in [-0.1, -0.05) is 24.6 Å². The molecule has 0 fully saturated rings. The molecule has 110 valence electrons. The first kappa shape index (κ1) is 16.2. The van der Waals surface area contributed by atoms with Gasteiger partial charge in [0.25, 0.3) is 0 Å². The number of hydrogen-bond donors (Lipinski definition) is 3. The Morgan fingerprint density at radius 3 is 2.40 bits per heavy atom. The minimum absolute atomic E-state index is 0.0483. The van der Waals surface area contributed by atoms with Crippen molar-refractivity contribution in [2.45, 2.75) is 31.7 Å². The second-order valence-electron chi connectivity index (χ2n) is 4.36. The van der Waals surface area contributed by atoms with E-state index in [4.69, 9.17) is 5.14 Å².